The van der Waals surface area contributed by atoms with Gasteiger partial charge in [-0.05, 0) is 63.8 Å². The SMILES string of the molecule is CCCC(C)NC(=O)C(C)NCC1CC2CCC1C2. The van der Waals surface area contributed by atoms with Crippen LogP contribution in [0.15, 0.2) is 0 Å². The van der Waals surface area contributed by atoms with Crippen LogP contribution >= 0.6 is 0 Å². The summed E-state index contributed by atoms with van der Waals surface area (Å²) in [5.74, 6) is 2.91. The van der Waals surface area contributed by atoms with Gasteiger partial charge in [0, 0.05) is 6.04 Å². The molecule has 0 aromatic heterocycles. The molecule has 2 aliphatic rings. The zero-order valence-corrected chi connectivity index (χ0v) is 12.7. The van der Waals surface area contributed by atoms with Crippen LogP contribution in [0.5, 0.6) is 0 Å². The van der Waals surface area contributed by atoms with Crippen LogP contribution in [0.4, 0.5) is 0 Å². The third kappa shape index (κ3) is 3.95. The number of carbonyl (C=O) groups is 1. The van der Waals surface area contributed by atoms with Crippen molar-refractivity contribution in [2.75, 3.05) is 6.54 Å². The Kier molecular flexibility index (Phi) is 5.26. The van der Waals surface area contributed by atoms with Crippen molar-refractivity contribution in [2.24, 2.45) is 17.8 Å². The normalized spacial score (nSPS) is 32.3. The fourth-order valence-electron chi connectivity index (χ4n) is 3.92. The average Bonchev–Trinajstić information content (AvgIpc) is 2.98. The molecule has 5 unspecified atom stereocenters. The lowest BCUT2D eigenvalue weighted by molar-refractivity contribution is -0.123. The summed E-state index contributed by atoms with van der Waals surface area (Å²) >= 11 is 0. The molecule has 0 saturated heterocycles. The van der Waals surface area contributed by atoms with Crippen molar-refractivity contribution in [2.45, 2.75) is 71.4 Å². The summed E-state index contributed by atoms with van der Waals surface area (Å²) in [7, 11) is 0. The molecule has 0 aromatic rings. The Morgan fingerprint density at radius 1 is 1.26 bits per heavy atom. The third-order valence-electron chi connectivity index (χ3n) is 5.07. The van der Waals surface area contributed by atoms with E-state index in [0.29, 0.717) is 6.04 Å². The molecule has 2 N–H and O–H groups in total. The minimum atomic E-state index is -0.0570. The summed E-state index contributed by atoms with van der Waals surface area (Å²) in [5.41, 5.74) is 0. The zero-order chi connectivity index (χ0) is 13.8. The molecule has 110 valence electrons. The maximum absolute atomic E-state index is 12.0. The van der Waals surface area contributed by atoms with E-state index >= 15 is 0 Å². The third-order valence-corrected chi connectivity index (χ3v) is 5.07. The van der Waals surface area contributed by atoms with Crippen LogP contribution in [0.3, 0.4) is 0 Å². The molecular weight excluding hydrogens is 236 g/mol. The molecule has 2 bridgehead atoms. The molecule has 2 saturated carbocycles. The minimum absolute atomic E-state index is 0.0570. The van der Waals surface area contributed by atoms with Gasteiger partial charge in [-0.25, -0.2) is 0 Å². The van der Waals surface area contributed by atoms with Gasteiger partial charge >= 0.3 is 0 Å². The summed E-state index contributed by atoms with van der Waals surface area (Å²) in [6, 6.07) is 0.239. The highest BCUT2D eigenvalue weighted by molar-refractivity contribution is 5.81. The first-order chi connectivity index (χ1) is 9.10. The number of nitrogens with one attached hydrogen (secondary N) is 2. The number of carbonyl (C=O) groups excluding carboxylic acids is 1. The van der Waals surface area contributed by atoms with E-state index in [-0.39, 0.29) is 11.9 Å². The van der Waals surface area contributed by atoms with E-state index in [9.17, 15) is 4.79 Å². The molecule has 0 radical (unpaired) electrons. The summed E-state index contributed by atoms with van der Waals surface area (Å²) in [4.78, 5) is 12.0. The average molecular weight is 266 g/mol. The van der Waals surface area contributed by atoms with Crippen molar-refractivity contribution in [1.29, 1.82) is 0 Å². The Morgan fingerprint density at radius 3 is 2.63 bits per heavy atom. The highest BCUT2D eigenvalue weighted by atomic mass is 16.2. The van der Waals surface area contributed by atoms with Crippen LogP contribution in [-0.4, -0.2) is 24.5 Å². The lowest BCUT2D eigenvalue weighted by atomic mass is 9.89. The Morgan fingerprint density at radius 2 is 2.05 bits per heavy atom. The van der Waals surface area contributed by atoms with Crippen molar-refractivity contribution < 1.29 is 4.79 Å². The molecule has 0 spiro atoms. The zero-order valence-electron chi connectivity index (χ0n) is 12.7. The fraction of sp³-hybridized carbons (Fsp3) is 0.938. The molecule has 5 atom stereocenters. The van der Waals surface area contributed by atoms with Crippen molar-refractivity contribution in [3.63, 3.8) is 0 Å². The second-order valence-corrected chi connectivity index (χ2v) is 6.76. The van der Waals surface area contributed by atoms with E-state index in [0.717, 1.165) is 37.1 Å². The predicted octanol–water partition coefficient (Wildman–Crippen LogP) is 2.71. The van der Waals surface area contributed by atoms with Gasteiger partial charge in [0.1, 0.15) is 0 Å². The van der Waals surface area contributed by atoms with E-state index in [1.807, 2.05) is 6.92 Å². The van der Waals surface area contributed by atoms with Crippen molar-refractivity contribution in [3.05, 3.63) is 0 Å². The largest absolute Gasteiger partial charge is 0.352 e. The number of hydrogen-bond acceptors (Lipinski definition) is 2. The molecule has 0 aliphatic heterocycles. The maximum atomic E-state index is 12.0. The summed E-state index contributed by atoms with van der Waals surface area (Å²) in [5, 5.41) is 6.53. The van der Waals surface area contributed by atoms with Crippen LogP contribution in [0, 0.1) is 17.8 Å². The van der Waals surface area contributed by atoms with Crippen LogP contribution < -0.4 is 10.6 Å². The Bertz CT molecular complexity index is 305. The van der Waals surface area contributed by atoms with Crippen molar-refractivity contribution in [3.8, 4) is 0 Å². The van der Waals surface area contributed by atoms with Crippen LogP contribution in [-0.2, 0) is 4.79 Å². The van der Waals surface area contributed by atoms with E-state index in [1.54, 1.807) is 0 Å². The minimum Gasteiger partial charge on any atom is -0.352 e. The van der Waals surface area contributed by atoms with Crippen LogP contribution in [0.25, 0.3) is 0 Å². The quantitative estimate of drug-likeness (QED) is 0.744. The lowest BCUT2D eigenvalue weighted by Crippen LogP contribution is -2.47. The molecule has 0 heterocycles. The number of amides is 1. The van der Waals surface area contributed by atoms with Gasteiger partial charge in [-0.3, -0.25) is 4.79 Å². The van der Waals surface area contributed by atoms with E-state index in [2.05, 4.69) is 24.5 Å². The standard InChI is InChI=1S/C16H30N2O/c1-4-5-11(2)18-16(19)12(3)17-10-15-9-13-6-7-14(15)8-13/h11-15,17H,4-10H2,1-3H3,(H,18,19). The molecule has 2 rings (SSSR count). The second-order valence-electron chi connectivity index (χ2n) is 6.76. The topological polar surface area (TPSA) is 41.1 Å². The van der Waals surface area contributed by atoms with Gasteiger partial charge in [0.05, 0.1) is 6.04 Å². The molecule has 19 heavy (non-hydrogen) atoms. The molecular formula is C16H30N2O. The van der Waals surface area contributed by atoms with E-state index < -0.39 is 0 Å². The predicted molar refractivity (Wildman–Crippen MR) is 78.9 cm³/mol. The summed E-state index contributed by atoms with van der Waals surface area (Å²) in [6.07, 6.45) is 7.88. The monoisotopic (exact) mass is 266 g/mol. The Labute approximate surface area is 117 Å². The number of hydrogen-bond donors (Lipinski definition) is 2. The van der Waals surface area contributed by atoms with E-state index in [4.69, 9.17) is 0 Å². The first-order valence-electron chi connectivity index (χ1n) is 8.13. The van der Waals surface area contributed by atoms with Gasteiger partial charge in [-0.1, -0.05) is 19.8 Å². The van der Waals surface area contributed by atoms with Crippen LogP contribution in [0.2, 0.25) is 0 Å². The number of fused-ring (bicyclic) bond motifs is 2. The molecule has 2 fully saturated rings. The van der Waals surface area contributed by atoms with Gasteiger partial charge < -0.3 is 10.6 Å². The van der Waals surface area contributed by atoms with Crippen molar-refractivity contribution in [1.82, 2.24) is 10.6 Å². The van der Waals surface area contributed by atoms with Gasteiger partial charge in [-0.15, -0.1) is 0 Å². The highest BCUT2D eigenvalue weighted by Gasteiger charge is 2.39. The first kappa shape index (κ1) is 14.8. The molecule has 1 amide bonds. The molecule has 2 aliphatic carbocycles. The van der Waals surface area contributed by atoms with Crippen molar-refractivity contribution >= 4 is 5.91 Å². The van der Waals surface area contributed by atoms with Gasteiger partial charge in [0.2, 0.25) is 5.91 Å². The fourth-order valence-corrected chi connectivity index (χ4v) is 3.92. The smallest absolute Gasteiger partial charge is 0.237 e. The summed E-state index contributed by atoms with van der Waals surface area (Å²) < 4.78 is 0. The summed E-state index contributed by atoms with van der Waals surface area (Å²) in [6.45, 7) is 7.25. The van der Waals surface area contributed by atoms with Crippen LogP contribution in [0.1, 0.15) is 59.3 Å². The van der Waals surface area contributed by atoms with E-state index in [1.165, 1.54) is 25.7 Å². The van der Waals surface area contributed by atoms with Gasteiger partial charge in [0.15, 0.2) is 0 Å². The van der Waals surface area contributed by atoms with Gasteiger partial charge in [-0.2, -0.15) is 0 Å². The Balaban J connectivity index is 1.66. The molecule has 3 heteroatoms. The second kappa shape index (κ2) is 6.74. The first-order valence-corrected chi connectivity index (χ1v) is 8.13. The molecule has 0 aromatic carbocycles. The lowest BCUT2D eigenvalue weighted by Gasteiger charge is -2.24. The highest BCUT2D eigenvalue weighted by Crippen LogP contribution is 2.47. The number of rotatable bonds is 7. The molecule has 3 nitrogen and oxygen atoms in total. The Hall–Kier alpha value is -0.570. The van der Waals surface area contributed by atoms with Gasteiger partial charge in [0.25, 0.3) is 0 Å². The maximum Gasteiger partial charge on any atom is 0.237 e.